The molecule has 1 N–H and O–H groups in total. The number of carbonyl (C=O) groups excluding carboxylic acids is 1. The topological polar surface area (TPSA) is 51.2 Å². The van der Waals surface area contributed by atoms with Gasteiger partial charge in [-0.25, -0.2) is 9.37 Å². The average molecular weight is 356 g/mol. The van der Waals surface area contributed by atoms with E-state index in [1.807, 2.05) is 35.7 Å². The maximum absolute atomic E-state index is 13.5. The lowest BCUT2D eigenvalue weighted by Gasteiger charge is -2.05. The largest absolute Gasteiger partial charge is 0.486 e. The molecule has 0 spiro atoms. The Morgan fingerprint density at radius 1 is 1.12 bits per heavy atom. The van der Waals surface area contributed by atoms with Crippen molar-refractivity contribution in [3.05, 3.63) is 82.1 Å². The van der Waals surface area contributed by atoms with Crippen LogP contribution in [-0.4, -0.2) is 10.9 Å². The van der Waals surface area contributed by atoms with Crippen LogP contribution < -0.4 is 10.1 Å². The van der Waals surface area contributed by atoms with Gasteiger partial charge in [0.05, 0.1) is 12.1 Å². The Hall–Kier alpha value is -2.73. The SMILES string of the molecule is O=C(Cc1csc(COc2ccccc2)n1)NCc1ccccc1F. The third-order valence-electron chi connectivity index (χ3n) is 3.48. The monoisotopic (exact) mass is 356 g/mol. The van der Waals surface area contributed by atoms with Gasteiger partial charge in [0.2, 0.25) is 5.91 Å². The maximum Gasteiger partial charge on any atom is 0.226 e. The highest BCUT2D eigenvalue weighted by atomic mass is 32.1. The predicted octanol–water partition coefficient (Wildman–Crippen LogP) is 3.72. The van der Waals surface area contributed by atoms with Gasteiger partial charge in [0, 0.05) is 17.5 Å². The molecule has 6 heteroatoms. The Bertz CT molecular complexity index is 836. The van der Waals surface area contributed by atoms with Crippen molar-refractivity contribution < 1.29 is 13.9 Å². The van der Waals surface area contributed by atoms with Crippen molar-refractivity contribution in [1.29, 1.82) is 0 Å². The molecule has 0 aliphatic rings. The fraction of sp³-hybridized carbons (Fsp3) is 0.158. The first kappa shape index (κ1) is 17.1. The highest BCUT2D eigenvalue weighted by Gasteiger charge is 2.09. The predicted molar refractivity (Wildman–Crippen MR) is 94.8 cm³/mol. The van der Waals surface area contributed by atoms with Crippen molar-refractivity contribution in [3.8, 4) is 5.75 Å². The second kappa shape index (κ2) is 8.39. The van der Waals surface area contributed by atoms with Gasteiger partial charge in [-0.3, -0.25) is 4.79 Å². The van der Waals surface area contributed by atoms with Crippen molar-refractivity contribution in [2.45, 2.75) is 19.6 Å². The zero-order valence-corrected chi connectivity index (χ0v) is 14.3. The quantitative estimate of drug-likeness (QED) is 0.702. The van der Waals surface area contributed by atoms with Crippen LogP contribution in [0.1, 0.15) is 16.3 Å². The summed E-state index contributed by atoms with van der Waals surface area (Å²) in [6.45, 7) is 0.533. The summed E-state index contributed by atoms with van der Waals surface area (Å²) in [6.07, 6.45) is 0.163. The summed E-state index contributed by atoms with van der Waals surface area (Å²) in [5.74, 6) is 0.266. The van der Waals surface area contributed by atoms with Crippen LogP contribution in [0.25, 0.3) is 0 Å². The van der Waals surface area contributed by atoms with Gasteiger partial charge in [-0.1, -0.05) is 36.4 Å². The molecule has 4 nitrogen and oxygen atoms in total. The summed E-state index contributed by atoms with van der Waals surface area (Å²) in [5.41, 5.74) is 1.15. The molecule has 0 atom stereocenters. The van der Waals surface area contributed by atoms with Crippen LogP contribution in [0.2, 0.25) is 0 Å². The summed E-state index contributed by atoms with van der Waals surface area (Å²) in [7, 11) is 0. The van der Waals surface area contributed by atoms with Gasteiger partial charge in [0.25, 0.3) is 0 Å². The van der Waals surface area contributed by atoms with E-state index < -0.39 is 0 Å². The number of nitrogens with zero attached hydrogens (tertiary/aromatic N) is 1. The van der Waals surface area contributed by atoms with E-state index in [1.165, 1.54) is 17.4 Å². The summed E-state index contributed by atoms with van der Waals surface area (Å²) < 4.78 is 19.2. The van der Waals surface area contributed by atoms with E-state index >= 15 is 0 Å². The number of ether oxygens (including phenoxy) is 1. The number of halogens is 1. The standard InChI is InChI=1S/C19H17FN2O2S/c20-17-9-5-4-6-14(17)11-21-18(23)10-15-13-25-19(22-15)12-24-16-7-2-1-3-8-16/h1-9,13H,10-12H2,(H,21,23). The second-order valence-corrected chi connectivity index (χ2v) is 6.32. The minimum atomic E-state index is -0.322. The van der Waals surface area contributed by atoms with E-state index in [0.29, 0.717) is 17.9 Å². The second-order valence-electron chi connectivity index (χ2n) is 5.38. The fourth-order valence-electron chi connectivity index (χ4n) is 2.22. The van der Waals surface area contributed by atoms with Crippen LogP contribution >= 0.6 is 11.3 Å². The van der Waals surface area contributed by atoms with Crippen molar-refractivity contribution in [3.63, 3.8) is 0 Å². The van der Waals surface area contributed by atoms with E-state index in [-0.39, 0.29) is 24.7 Å². The molecule has 0 bridgehead atoms. The van der Waals surface area contributed by atoms with Gasteiger partial charge >= 0.3 is 0 Å². The molecule has 1 aromatic heterocycles. The van der Waals surface area contributed by atoms with Gasteiger partial charge in [0.1, 0.15) is 23.2 Å². The molecule has 0 aliphatic carbocycles. The first-order valence-corrected chi connectivity index (χ1v) is 8.70. The molecule has 0 radical (unpaired) electrons. The lowest BCUT2D eigenvalue weighted by molar-refractivity contribution is -0.120. The summed E-state index contributed by atoms with van der Waals surface area (Å²) in [5, 5.41) is 5.36. The highest BCUT2D eigenvalue weighted by Crippen LogP contribution is 2.15. The molecule has 3 rings (SSSR count). The number of nitrogens with one attached hydrogen (secondary N) is 1. The van der Waals surface area contributed by atoms with Crippen LogP contribution in [-0.2, 0) is 24.4 Å². The molecule has 0 unspecified atom stereocenters. The Morgan fingerprint density at radius 3 is 2.68 bits per heavy atom. The molecule has 0 saturated carbocycles. The van der Waals surface area contributed by atoms with Crippen LogP contribution in [0.5, 0.6) is 5.75 Å². The summed E-state index contributed by atoms with van der Waals surface area (Å²) in [6, 6.07) is 15.9. The Labute approximate surface area is 149 Å². The number of rotatable bonds is 7. The van der Waals surface area contributed by atoms with Crippen molar-refractivity contribution in [2.24, 2.45) is 0 Å². The Morgan fingerprint density at radius 2 is 1.88 bits per heavy atom. The fourth-order valence-corrected chi connectivity index (χ4v) is 2.93. The number of carbonyl (C=O) groups is 1. The zero-order chi connectivity index (χ0) is 17.5. The molecule has 2 aromatic carbocycles. The van der Waals surface area contributed by atoms with E-state index in [9.17, 15) is 9.18 Å². The van der Waals surface area contributed by atoms with Crippen LogP contribution in [0.4, 0.5) is 4.39 Å². The number of para-hydroxylation sites is 1. The molecule has 128 valence electrons. The lowest BCUT2D eigenvalue weighted by atomic mass is 10.2. The molecule has 0 saturated heterocycles. The first-order chi connectivity index (χ1) is 12.2. The van der Waals surface area contributed by atoms with Crippen LogP contribution in [0, 0.1) is 5.82 Å². The minimum absolute atomic E-state index is 0.163. The molecule has 1 heterocycles. The Balaban J connectivity index is 1.47. The van der Waals surface area contributed by atoms with E-state index in [1.54, 1.807) is 18.2 Å². The number of amides is 1. The average Bonchev–Trinajstić information content (AvgIpc) is 3.07. The van der Waals surface area contributed by atoms with E-state index in [4.69, 9.17) is 4.74 Å². The third-order valence-corrected chi connectivity index (χ3v) is 4.35. The zero-order valence-electron chi connectivity index (χ0n) is 13.4. The minimum Gasteiger partial charge on any atom is -0.486 e. The molecule has 0 aliphatic heterocycles. The van der Waals surface area contributed by atoms with E-state index in [0.717, 1.165) is 10.8 Å². The number of hydrogen-bond donors (Lipinski definition) is 1. The molecule has 3 aromatic rings. The molecule has 25 heavy (non-hydrogen) atoms. The normalized spacial score (nSPS) is 10.4. The van der Waals surface area contributed by atoms with Crippen molar-refractivity contribution in [1.82, 2.24) is 10.3 Å². The molecule has 0 fully saturated rings. The molecular formula is C19H17FN2O2S. The van der Waals surface area contributed by atoms with Gasteiger partial charge in [0.15, 0.2) is 0 Å². The third kappa shape index (κ3) is 5.12. The number of benzene rings is 2. The summed E-state index contributed by atoms with van der Waals surface area (Å²) >= 11 is 1.45. The van der Waals surface area contributed by atoms with Gasteiger partial charge in [-0.15, -0.1) is 11.3 Å². The number of hydrogen-bond acceptors (Lipinski definition) is 4. The Kier molecular flexibility index (Phi) is 5.74. The maximum atomic E-state index is 13.5. The van der Waals surface area contributed by atoms with Crippen LogP contribution in [0.3, 0.4) is 0 Å². The van der Waals surface area contributed by atoms with Crippen molar-refractivity contribution in [2.75, 3.05) is 0 Å². The van der Waals surface area contributed by atoms with Gasteiger partial charge in [-0.2, -0.15) is 0 Å². The summed E-state index contributed by atoms with van der Waals surface area (Å²) in [4.78, 5) is 16.4. The smallest absolute Gasteiger partial charge is 0.226 e. The first-order valence-electron chi connectivity index (χ1n) is 7.82. The molecular weight excluding hydrogens is 339 g/mol. The van der Waals surface area contributed by atoms with Gasteiger partial charge in [-0.05, 0) is 18.2 Å². The number of aromatic nitrogens is 1. The van der Waals surface area contributed by atoms with E-state index in [2.05, 4.69) is 10.3 Å². The number of thiazole rings is 1. The van der Waals surface area contributed by atoms with Crippen molar-refractivity contribution >= 4 is 17.2 Å². The van der Waals surface area contributed by atoms with Gasteiger partial charge < -0.3 is 10.1 Å². The lowest BCUT2D eigenvalue weighted by Crippen LogP contribution is -2.25. The molecule has 1 amide bonds. The highest BCUT2D eigenvalue weighted by molar-refractivity contribution is 7.09. The van der Waals surface area contributed by atoms with Crippen LogP contribution in [0.15, 0.2) is 60.0 Å².